The molecule has 0 aromatic carbocycles. The average Bonchev–Trinajstić information content (AvgIpc) is 2.37. The molecule has 1 heterocycles. The van der Waals surface area contributed by atoms with Gasteiger partial charge >= 0.3 is 5.97 Å². The molecule has 1 aliphatic heterocycles. The molecule has 0 saturated carbocycles. The van der Waals surface area contributed by atoms with E-state index in [1.807, 2.05) is 18.7 Å². The molecule has 110 valence electrons. The van der Waals surface area contributed by atoms with Gasteiger partial charge in [0, 0.05) is 19.0 Å². The van der Waals surface area contributed by atoms with Crippen LogP contribution < -0.4 is 0 Å². The Morgan fingerprint density at radius 1 is 1.16 bits per heavy atom. The largest absolute Gasteiger partial charge is 0.465 e. The van der Waals surface area contributed by atoms with Gasteiger partial charge in [-0.05, 0) is 25.2 Å². The van der Waals surface area contributed by atoms with Gasteiger partial charge in [0.05, 0.1) is 12.5 Å². The van der Waals surface area contributed by atoms with Crippen molar-refractivity contribution in [1.29, 1.82) is 0 Å². The van der Waals surface area contributed by atoms with Crippen molar-refractivity contribution in [2.45, 2.75) is 47.0 Å². The molecule has 0 atom stereocenters. The van der Waals surface area contributed by atoms with E-state index in [4.69, 9.17) is 4.74 Å². The summed E-state index contributed by atoms with van der Waals surface area (Å²) in [6, 6.07) is 0. The van der Waals surface area contributed by atoms with Crippen molar-refractivity contribution < 1.29 is 14.3 Å². The lowest BCUT2D eigenvalue weighted by Gasteiger charge is -2.32. The van der Waals surface area contributed by atoms with Crippen molar-refractivity contribution in [3.8, 4) is 0 Å². The van der Waals surface area contributed by atoms with Crippen LogP contribution in [0.1, 0.15) is 47.0 Å². The molecule has 4 heteroatoms. The predicted molar refractivity (Wildman–Crippen MR) is 74.6 cm³/mol. The minimum atomic E-state index is -0.0858. The number of piperidine rings is 1. The van der Waals surface area contributed by atoms with Gasteiger partial charge < -0.3 is 9.64 Å². The average molecular weight is 269 g/mol. The number of ether oxygens (including phenoxy) is 1. The van der Waals surface area contributed by atoms with E-state index in [9.17, 15) is 9.59 Å². The molecule has 0 spiro atoms. The maximum atomic E-state index is 11.9. The van der Waals surface area contributed by atoms with Gasteiger partial charge in [-0.2, -0.15) is 0 Å². The summed E-state index contributed by atoms with van der Waals surface area (Å²) in [5, 5.41) is 0. The number of carbonyl (C=O) groups excluding carboxylic acids is 2. The summed E-state index contributed by atoms with van der Waals surface area (Å²) in [6.45, 7) is 9.93. The van der Waals surface area contributed by atoms with Crippen molar-refractivity contribution in [3.63, 3.8) is 0 Å². The Bertz CT molecular complexity index is 305. The third-order valence-electron chi connectivity index (χ3n) is 3.57. The molecule has 1 saturated heterocycles. The van der Waals surface area contributed by atoms with Gasteiger partial charge in [-0.3, -0.25) is 9.59 Å². The van der Waals surface area contributed by atoms with Crippen LogP contribution in [-0.2, 0) is 14.3 Å². The zero-order chi connectivity index (χ0) is 14.4. The molecule has 0 aromatic rings. The van der Waals surface area contributed by atoms with Gasteiger partial charge in [-0.15, -0.1) is 0 Å². The predicted octanol–water partition coefficient (Wildman–Crippen LogP) is 2.47. The molecule has 1 fully saturated rings. The minimum Gasteiger partial charge on any atom is -0.465 e. The van der Waals surface area contributed by atoms with E-state index >= 15 is 0 Å². The molecule has 0 unspecified atom stereocenters. The highest BCUT2D eigenvalue weighted by Gasteiger charge is 2.28. The maximum Gasteiger partial charge on any atom is 0.309 e. The quantitative estimate of drug-likeness (QED) is 0.720. The van der Waals surface area contributed by atoms with E-state index in [0.29, 0.717) is 25.6 Å². The summed E-state index contributed by atoms with van der Waals surface area (Å²) in [4.78, 5) is 25.6. The highest BCUT2D eigenvalue weighted by molar-refractivity contribution is 5.79. The number of nitrogens with zero attached hydrogens (tertiary/aromatic N) is 1. The fourth-order valence-electron chi connectivity index (χ4n) is 2.21. The van der Waals surface area contributed by atoms with E-state index in [1.54, 1.807) is 0 Å². The Morgan fingerprint density at radius 2 is 1.74 bits per heavy atom. The van der Waals surface area contributed by atoms with Gasteiger partial charge in [-0.25, -0.2) is 0 Å². The molecule has 0 radical (unpaired) electrons. The molecular formula is C15H27NO3. The van der Waals surface area contributed by atoms with Crippen LogP contribution >= 0.6 is 0 Å². The number of hydrogen-bond acceptors (Lipinski definition) is 3. The van der Waals surface area contributed by atoms with E-state index < -0.39 is 0 Å². The van der Waals surface area contributed by atoms with Crippen LogP contribution in [0.3, 0.4) is 0 Å². The lowest BCUT2D eigenvalue weighted by atomic mass is 9.96. The lowest BCUT2D eigenvalue weighted by molar-refractivity contribution is -0.152. The molecule has 1 rings (SSSR count). The standard InChI is InChI=1S/C15H27NO3/c1-11(2)7-10-19-15(18)13-5-8-16(9-6-13)14(17)12(3)4/h11-13H,5-10H2,1-4H3. The smallest absolute Gasteiger partial charge is 0.309 e. The third kappa shape index (κ3) is 5.21. The highest BCUT2D eigenvalue weighted by Crippen LogP contribution is 2.20. The van der Waals surface area contributed by atoms with Crippen LogP contribution in [0.2, 0.25) is 0 Å². The first-order valence-corrected chi connectivity index (χ1v) is 7.37. The monoisotopic (exact) mass is 269 g/mol. The summed E-state index contributed by atoms with van der Waals surface area (Å²) < 4.78 is 5.29. The van der Waals surface area contributed by atoms with E-state index in [-0.39, 0.29) is 23.7 Å². The number of carbonyl (C=O) groups is 2. The second-order valence-corrected chi connectivity index (χ2v) is 6.10. The lowest BCUT2D eigenvalue weighted by Crippen LogP contribution is -2.42. The number of esters is 1. The Kier molecular flexibility index (Phi) is 6.32. The number of amides is 1. The second kappa shape index (κ2) is 7.51. The van der Waals surface area contributed by atoms with Crippen molar-refractivity contribution in [3.05, 3.63) is 0 Å². The molecule has 0 bridgehead atoms. The molecule has 1 aliphatic rings. The number of rotatable bonds is 5. The molecule has 19 heavy (non-hydrogen) atoms. The summed E-state index contributed by atoms with van der Waals surface area (Å²) in [7, 11) is 0. The first kappa shape index (κ1) is 16.0. The van der Waals surface area contributed by atoms with Gasteiger partial charge in [0.15, 0.2) is 0 Å². The molecular weight excluding hydrogens is 242 g/mol. The molecule has 1 amide bonds. The molecule has 4 nitrogen and oxygen atoms in total. The SMILES string of the molecule is CC(C)CCOC(=O)C1CCN(C(=O)C(C)C)CC1. The van der Waals surface area contributed by atoms with Gasteiger partial charge in [0.25, 0.3) is 0 Å². The first-order valence-electron chi connectivity index (χ1n) is 7.37. The second-order valence-electron chi connectivity index (χ2n) is 6.10. The zero-order valence-corrected chi connectivity index (χ0v) is 12.6. The molecule has 0 aliphatic carbocycles. The van der Waals surface area contributed by atoms with Crippen molar-refractivity contribution in [2.24, 2.45) is 17.8 Å². The minimum absolute atomic E-state index is 0.0247. The summed E-state index contributed by atoms with van der Waals surface area (Å²) >= 11 is 0. The third-order valence-corrected chi connectivity index (χ3v) is 3.57. The van der Waals surface area contributed by atoms with Crippen LogP contribution in [0, 0.1) is 17.8 Å². The normalized spacial score (nSPS) is 17.1. The molecule has 0 N–H and O–H groups in total. The van der Waals surface area contributed by atoms with Crippen LogP contribution in [0.15, 0.2) is 0 Å². The van der Waals surface area contributed by atoms with E-state index in [1.165, 1.54) is 0 Å². The fraction of sp³-hybridized carbons (Fsp3) is 0.867. The molecule has 0 aromatic heterocycles. The highest BCUT2D eigenvalue weighted by atomic mass is 16.5. The summed E-state index contributed by atoms with van der Waals surface area (Å²) in [5.41, 5.74) is 0. The first-order chi connectivity index (χ1) is 8.91. The zero-order valence-electron chi connectivity index (χ0n) is 12.6. The Morgan fingerprint density at radius 3 is 2.21 bits per heavy atom. The Hall–Kier alpha value is -1.06. The van der Waals surface area contributed by atoms with E-state index in [2.05, 4.69) is 13.8 Å². The Labute approximate surface area is 116 Å². The Balaban J connectivity index is 2.29. The summed E-state index contributed by atoms with van der Waals surface area (Å²) in [6.07, 6.45) is 2.38. The fourth-order valence-corrected chi connectivity index (χ4v) is 2.21. The van der Waals surface area contributed by atoms with Gasteiger partial charge in [0.1, 0.15) is 0 Å². The van der Waals surface area contributed by atoms with Crippen LogP contribution in [0.4, 0.5) is 0 Å². The van der Waals surface area contributed by atoms with Crippen LogP contribution in [0.5, 0.6) is 0 Å². The van der Waals surface area contributed by atoms with Crippen molar-refractivity contribution in [2.75, 3.05) is 19.7 Å². The van der Waals surface area contributed by atoms with Crippen LogP contribution in [0.25, 0.3) is 0 Å². The van der Waals surface area contributed by atoms with Crippen molar-refractivity contribution in [1.82, 2.24) is 4.90 Å². The van der Waals surface area contributed by atoms with Gasteiger partial charge in [0.2, 0.25) is 5.91 Å². The number of hydrogen-bond donors (Lipinski definition) is 0. The topological polar surface area (TPSA) is 46.6 Å². The maximum absolute atomic E-state index is 11.9. The van der Waals surface area contributed by atoms with E-state index in [0.717, 1.165) is 19.3 Å². The van der Waals surface area contributed by atoms with Crippen molar-refractivity contribution >= 4 is 11.9 Å². The summed E-state index contributed by atoms with van der Waals surface area (Å²) in [5.74, 6) is 0.667. The van der Waals surface area contributed by atoms with Gasteiger partial charge in [-0.1, -0.05) is 27.7 Å². The van der Waals surface area contributed by atoms with Crippen LogP contribution in [-0.4, -0.2) is 36.5 Å². The number of likely N-dealkylation sites (tertiary alicyclic amines) is 1.